The molecule has 0 radical (unpaired) electrons. The standard InChI is InChI=1S/C21H29N3O/c1-4-14-24(15-5-2)21(25)20-13-12-19(16-22-20)23(6-3)17-18-10-8-7-9-11-18/h7-13,16H,4-6,14-15,17H2,1-3H3. The van der Waals surface area contributed by atoms with Crippen molar-refractivity contribution in [3.05, 3.63) is 59.9 Å². The first kappa shape index (κ1) is 19.0. The summed E-state index contributed by atoms with van der Waals surface area (Å²) in [7, 11) is 0. The Balaban J connectivity index is 2.10. The van der Waals surface area contributed by atoms with Gasteiger partial charge in [-0.15, -0.1) is 0 Å². The van der Waals surface area contributed by atoms with Crippen LogP contribution in [0.15, 0.2) is 48.7 Å². The highest BCUT2D eigenvalue weighted by atomic mass is 16.2. The Kier molecular flexibility index (Phi) is 7.45. The summed E-state index contributed by atoms with van der Waals surface area (Å²) >= 11 is 0. The van der Waals surface area contributed by atoms with Crippen LogP contribution in [-0.2, 0) is 6.54 Å². The monoisotopic (exact) mass is 339 g/mol. The van der Waals surface area contributed by atoms with Crippen molar-refractivity contribution >= 4 is 11.6 Å². The van der Waals surface area contributed by atoms with Gasteiger partial charge in [-0.2, -0.15) is 0 Å². The van der Waals surface area contributed by atoms with Crippen LogP contribution < -0.4 is 4.90 Å². The Bertz CT molecular complexity index is 634. The zero-order valence-corrected chi connectivity index (χ0v) is 15.6. The van der Waals surface area contributed by atoms with Crippen molar-refractivity contribution in [3.63, 3.8) is 0 Å². The molecule has 4 nitrogen and oxygen atoms in total. The first-order chi connectivity index (χ1) is 12.2. The summed E-state index contributed by atoms with van der Waals surface area (Å²) in [6.07, 6.45) is 3.74. The topological polar surface area (TPSA) is 36.4 Å². The van der Waals surface area contributed by atoms with Gasteiger partial charge in [-0.3, -0.25) is 4.79 Å². The van der Waals surface area contributed by atoms with E-state index in [4.69, 9.17) is 0 Å². The Morgan fingerprint density at radius 1 is 0.960 bits per heavy atom. The number of carbonyl (C=O) groups excluding carboxylic acids is 1. The molecule has 0 unspecified atom stereocenters. The Hall–Kier alpha value is -2.36. The lowest BCUT2D eigenvalue weighted by atomic mass is 10.2. The third-order valence-corrected chi connectivity index (χ3v) is 4.20. The average Bonchev–Trinajstić information content (AvgIpc) is 2.66. The van der Waals surface area contributed by atoms with Gasteiger partial charge in [0.05, 0.1) is 11.9 Å². The minimum absolute atomic E-state index is 0.0290. The maximum atomic E-state index is 12.6. The van der Waals surface area contributed by atoms with Crippen LogP contribution >= 0.6 is 0 Å². The van der Waals surface area contributed by atoms with Crippen molar-refractivity contribution in [2.75, 3.05) is 24.5 Å². The fourth-order valence-corrected chi connectivity index (χ4v) is 2.91. The van der Waals surface area contributed by atoms with Gasteiger partial charge in [0, 0.05) is 26.2 Å². The number of amides is 1. The normalized spacial score (nSPS) is 10.5. The second kappa shape index (κ2) is 9.82. The summed E-state index contributed by atoms with van der Waals surface area (Å²) in [5.74, 6) is 0.0290. The molecule has 0 fully saturated rings. The number of rotatable bonds is 9. The van der Waals surface area contributed by atoms with Crippen LogP contribution in [0.25, 0.3) is 0 Å². The first-order valence-corrected chi connectivity index (χ1v) is 9.23. The summed E-state index contributed by atoms with van der Waals surface area (Å²) in [6, 6.07) is 14.2. The predicted octanol–water partition coefficient (Wildman–Crippen LogP) is 4.37. The number of anilines is 1. The number of pyridine rings is 1. The van der Waals surface area contributed by atoms with Gasteiger partial charge in [0.25, 0.3) is 5.91 Å². The zero-order chi connectivity index (χ0) is 18.1. The number of hydrogen-bond acceptors (Lipinski definition) is 3. The minimum Gasteiger partial charge on any atom is -0.366 e. The molecule has 4 heteroatoms. The fourth-order valence-electron chi connectivity index (χ4n) is 2.91. The highest BCUT2D eigenvalue weighted by Crippen LogP contribution is 2.17. The van der Waals surface area contributed by atoms with Crippen molar-refractivity contribution in [1.82, 2.24) is 9.88 Å². The van der Waals surface area contributed by atoms with E-state index >= 15 is 0 Å². The van der Waals surface area contributed by atoms with E-state index in [1.807, 2.05) is 29.3 Å². The van der Waals surface area contributed by atoms with Crippen LogP contribution in [0.3, 0.4) is 0 Å². The molecule has 0 atom stereocenters. The van der Waals surface area contributed by atoms with Crippen LogP contribution in [-0.4, -0.2) is 35.4 Å². The summed E-state index contributed by atoms with van der Waals surface area (Å²) in [5, 5.41) is 0. The smallest absolute Gasteiger partial charge is 0.272 e. The number of aromatic nitrogens is 1. The maximum Gasteiger partial charge on any atom is 0.272 e. The van der Waals surface area contributed by atoms with Crippen molar-refractivity contribution in [2.24, 2.45) is 0 Å². The minimum atomic E-state index is 0.0290. The SMILES string of the molecule is CCCN(CCC)C(=O)c1ccc(N(CC)Cc2ccccc2)cn1. The molecular weight excluding hydrogens is 310 g/mol. The molecule has 1 heterocycles. The summed E-state index contributed by atoms with van der Waals surface area (Å²) in [5.41, 5.74) is 2.84. The summed E-state index contributed by atoms with van der Waals surface area (Å²) < 4.78 is 0. The highest BCUT2D eigenvalue weighted by Gasteiger charge is 2.16. The van der Waals surface area contributed by atoms with Crippen LogP contribution in [0.2, 0.25) is 0 Å². The Morgan fingerprint density at radius 3 is 2.16 bits per heavy atom. The van der Waals surface area contributed by atoms with E-state index in [9.17, 15) is 4.79 Å². The Morgan fingerprint density at radius 2 is 1.64 bits per heavy atom. The number of nitrogens with zero attached hydrogens (tertiary/aromatic N) is 3. The van der Waals surface area contributed by atoms with Crippen molar-refractivity contribution in [2.45, 2.75) is 40.2 Å². The van der Waals surface area contributed by atoms with Gasteiger partial charge in [-0.05, 0) is 37.5 Å². The molecule has 0 aliphatic carbocycles. The van der Waals surface area contributed by atoms with Gasteiger partial charge in [0.2, 0.25) is 0 Å². The Labute approximate surface area is 151 Å². The first-order valence-electron chi connectivity index (χ1n) is 9.23. The largest absolute Gasteiger partial charge is 0.366 e. The molecule has 1 aromatic heterocycles. The molecule has 1 amide bonds. The molecule has 0 aliphatic rings. The van der Waals surface area contributed by atoms with Crippen molar-refractivity contribution < 1.29 is 4.79 Å². The second-order valence-electron chi connectivity index (χ2n) is 6.19. The molecule has 25 heavy (non-hydrogen) atoms. The predicted molar refractivity (Wildman–Crippen MR) is 104 cm³/mol. The number of hydrogen-bond donors (Lipinski definition) is 0. The van der Waals surface area contributed by atoms with Gasteiger partial charge in [0.1, 0.15) is 5.69 Å². The second-order valence-corrected chi connectivity index (χ2v) is 6.19. The van der Waals surface area contributed by atoms with Crippen LogP contribution in [0.1, 0.15) is 49.7 Å². The molecule has 2 rings (SSSR count). The van der Waals surface area contributed by atoms with Crippen molar-refractivity contribution in [3.8, 4) is 0 Å². The molecule has 0 N–H and O–H groups in total. The van der Waals surface area contributed by atoms with Crippen LogP contribution in [0, 0.1) is 0 Å². The lowest BCUT2D eigenvalue weighted by molar-refractivity contribution is 0.0749. The fraction of sp³-hybridized carbons (Fsp3) is 0.429. The van der Waals surface area contributed by atoms with Crippen LogP contribution in [0.5, 0.6) is 0 Å². The average molecular weight is 339 g/mol. The highest BCUT2D eigenvalue weighted by molar-refractivity contribution is 5.92. The third kappa shape index (κ3) is 5.31. The molecule has 1 aromatic carbocycles. The van der Waals surface area contributed by atoms with Gasteiger partial charge in [-0.1, -0.05) is 44.2 Å². The lowest BCUT2D eigenvalue weighted by Crippen LogP contribution is -2.33. The number of benzene rings is 1. The molecule has 134 valence electrons. The van der Waals surface area contributed by atoms with E-state index in [-0.39, 0.29) is 5.91 Å². The van der Waals surface area contributed by atoms with Crippen LogP contribution in [0.4, 0.5) is 5.69 Å². The van der Waals surface area contributed by atoms with E-state index in [0.717, 1.165) is 44.7 Å². The molecule has 0 saturated heterocycles. The van der Waals surface area contributed by atoms with E-state index in [1.54, 1.807) is 0 Å². The maximum absolute atomic E-state index is 12.6. The van der Waals surface area contributed by atoms with E-state index in [1.165, 1.54) is 5.56 Å². The molecule has 0 bridgehead atoms. The van der Waals surface area contributed by atoms with E-state index < -0.39 is 0 Å². The quantitative estimate of drug-likeness (QED) is 0.680. The molecular formula is C21H29N3O. The molecule has 2 aromatic rings. The zero-order valence-electron chi connectivity index (χ0n) is 15.6. The summed E-state index contributed by atoms with van der Waals surface area (Å²) in [4.78, 5) is 21.2. The molecule has 0 aliphatic heterocycles. The van der Waals surface area contributed by atoms with Crippen molar-refractivity contribution in [1.29, 1.82) is 0 Å². The van der Waals surface area contributed by atoms with E-state index in [0.29, 0.717) is 5.69 Å². The number of carbonyl (C=O) groups is 1. The molecule has 0 saturated carbocycles. The molecule has 0 spiro atoms. The van der Waals surface area contributed by atoms with Gasteiger partial charge < -0.3 is 9.80 Å². The van der Waals surface area contributed by atoms with E-state index in [2.05, 4.69) is 54.9 Å². The van der Waals surface area contributed by atoms with Gasteiger partial charge in [0.15, 0.2) is 0 Å². The van der Waals surface area contributed by atoms with Gasteiger partial charge in [-0.25, -0.2) is 4.98 Å². The van der Waals surface area contributed by atoms with Gasteiger partial charge >= 0.3 is 0 Å². The lowest BCUT2D eigenvalue weighted by Gasteiger charge is -2.24. The third-order valence-electron chi connectivity index (χ3n) is 4.20. The summed E-state index contributed by atoms with van der Waals surface area (Å²) in [6.45, 7) is 9.61.